The first kappa shape index (κ1) is 14.2. The summed E-state index contributed by atoms with van der Waals surface area (Å²) in [5, 5.41) is 0. The minimum absolute atomic E-state index is 0.0117. The van der Waals surface area contributed by atoms with Gasteiger partial charge in [0.05, 0.1) is 19.3 Å². The zero-order valence-electron chi connectivity index (χ0n) is 10.5. The average molecular weight is 250 g/mol. The summed E-state index contributed by atoms with van der Waals surface area (Å²) in [6, 6.07) is 0. The molecule has 5 heteroatoms. The molecule has 0 saturated heterocycles. The highest BCUT2D eigenvalue weighted by molar-refractivity contribution is 7.48. The van der Waals surface area contributed by atoms with Crippen molar-refractivity contribution in [3.63, 3.8) is 0 Å². The SMILES string of the molecule is CCOP(=O)(OCC)OC1CCCCC1C. The van der Waals surface area contributed by atoms with Crippen molar-refractivity contribution in [3.8, 4) is 0 Å². The highest BCUT2D eigenvalue weighted by atomic mass is 31.2. The summed E-state index contributed by atoms with van der Waals surface area (Å²) in [6.07, 6.45) is 4.45. The first-order chi connectivity index (χ1) is 7.61. The van der Waals surface area contributed by atoms with Crippen molar-refractivity contribution < 1.29 is 18.1 Å². The third-order valence-electron chi connectivity index (χ3n) is 2.87. The molecule has 96 valence electrons. The van der Waals surface area contributed by atoms with Crippen LogP contribution in [0.15, 0.2) is 0 Å². The molecule has 1 fully saturated rings. The molecule has 0 aliphatic heterocycles. The third kappa shape index (κ3) is 4.17. The molecule has 1 aliphatic rings. The molecule has 0 N–H and O–H groups in total. The van der Waals surface area contributed by atoms with Gasteiger partial charge < -0.3 is 0 Å². The van der Waals surface area contributed by atoms with Crippen molar-refractivity contribution in [2.75, 3.05) is 13.2 Å². The molecule has 0 radical (unpaired) electrons. The lowest BCUT2D eigenvalue weighted by atomic mass is 9.88. The summed E-state index contributed by atoms with van der Waals surface area (Å²) in [6.45, 7) is 6.40. The van der Waals surface area contributed by atoms with Gasteiger partial charge in [-0.25, -0.2) is 4.57 Å². The van der Waals surface area contributed by atoms with E-state index in [9.17, 15) is 4.57 Å². The van der Waals surface area contributed by atoms with E-state index >= 15 is 0 Å². The first-order valence-corrected chi connectivity index (χ1v) is 7.65. The molecular formula is C11H23O4P. The summed E-state index contributed by atoms with van der Waals surface area (Å²) in [5.41, 5.74) is 0. The van der Waals surface area contributed by atoms with E-state index in [4.69, 9.17) is 13.6 Å². The second-order valence-corrected chi connectivity index (χ2v) is 5.81. The molecule has 0 aromatic carbocycles. The van der Waals surface area contributed by atoms with Crippen LogP contribution in [0.4, 0.5) is 0 Å². The molecule has 0 bridgehead atoms. The summed E-state index contributed by atoms with van der Waals surface area (Å²) >= 11 is 0. The Labute approximate surface area is 98.3 Å². The highest BCUT2D eigenvalue weighted by Crippen LogP contribution is 2.52. The van der Waals surface area contributed by atoms with Gasteiger partial charge in [0, 0.05) is 0 Å². The van der Waals surface area contributed by atoms with Crippen LogP contribution in [-0.4, -0.2) is 19.3 Å². The monoisotopic (exact) mass is 250 g/mol. The lowest BCUT2D eigenvalue weighted by molar-refractivity contribution is 0.0397. The van der Waals surface area contributed by atoms with Gasteiger partial charge in [-0.1, -0.05) is 19.8 Å². The number of phosphoric acid groups is 1. The molecule has 2 unspecified atom stereocenters. The maximum Gasteiger partial charge on any atom is 0.475 e. The number of hydrogen-bond donors (Lipinski definition) is 0. The molecule has 4 nitrogen and oxygen atoms in total. The van der Waals surface area contributed by atoms with Gasteiger partial charge in [-0.2, -0.15) is 0 Å². The Balaban J connectivity index is 2.55. The van der Waals surface area contributed by atoms with Crippen LogP contribution in [-0.2, 0) is 18.1 Å². The Morgan fingerprint density at radius 2 is 1.69 bits per heavy atom. The Bertz CT molecular complexity index is 234. The van der Waals surface area contributed by atoms with Crippen molar-refractivity contribution in [2.24, 2.45) is 5.92 Å². The quantitative estimate of drug-likeness (QED) is 0.673. The first-order valence-electron chi connectivity index (χ1n) is 6.18. The maximum atomic E-state index is 12.2. The second-order valence-electron chi connectivity index (χ2n) is 4.19. The predicted octanol–water partition coefficient (Wildman–Crippen LogP) is 3.76. The van der Waals surface area contributed by atoms with Crippen molar-refractivity contribution >= 4 is 7.82 Å². The molecule has 0 aromatic rings. The van der Waals surface area contributed by atoms with Gasteiger partial charge >= 0.3 is 7.82 Å². The number of rotatable bonds is 6. The van der Waals surface area contributed by atoms with Crippen molar-refractivity contribution in [1.29, 1.82) is 0 Å². The molecule has 1 saturated carbocycles. The highest BCUT2D eigenvalue weighted by Gasteiger charge is 2.33. The van der Waals surface area contributed by atoms with Gasteiger partial charge in [0.15, 0.2) is 0 Å². The van der Waals surface area contributed by atoms with E-state index in [2.05, 4.69) is 6.92 Å². The normalized spacial score (nSPS) is 26.9. The van der Waals surface area contributed by atoms with Crippen molar-refractivity contribution in [1.82, 2.24) is 0 Å². The molecule has 0 spiro atoms. The van der Waals surface area contributed by atoms with E-state index in [1.54, 1.807) is 13.8 Å². The van der Waals surface area contributed by atoms with Crippen LogP contribution in [0.2, 0.25) is 0 Å². The van der Waals surface area contributed by atoms with Crippen LogP contribution in [0.3, 0.4) is 0 Å². The van der Waals surface area contributed by atoms with E-state index in [0.29, 0.717) is 19.1 Å². The largest absolute Gasteiger partial charge is 0.475 e. The Morgan fingerprint density at radius 3 is 2.19 bits per heavy atom. The molecule has 16 heavy (non-hydrogen) atoms. The topological polar surface area (TPSA) is 44.8 Å². The lowest BCUT2D eigenvalue weighted by Gasteiger charge is -2.30. The van der Waals surface area contributed by atoms with Crippen LogP contribution >= 0.6 is 7.82 Å². The summed E-state index contributed by atoms with van der Waals surface area (Å²) < 4.78 is 28.0. The Hall–Kier alpha value is 0.110. The predicted molar refractivity (Wildman–Crippen MR) is 63.4 cm³/mol. The standard InChI is InChI=1S/C11H23O4P/c1-4-13-16(12,14-5-2)15-11-9-7-6-8-10(11)3/h10-11H,4-9H2,1-3H3. The van der Waals surface area contributed by atoms with E-state index < -0.39 is 7.82 Å². The Kier molecular flexibility index (Phi) is 5.98. The van der Waals surface area contributed by atoms with Crippen LogP contribution in [0.25, 0.3) is 0 Å². The molecule has 0 heterocycles. The van der Waals surface area contributed by atoms with E-state index in [-0.39, 0.29) is 6.10 Å². The third-order valence-corrected chi connectivity index (χ3v) is 4.55. The molecule has 0 aromatic heterocycles. The number of phosphoric ester groups is 1. The zero-order chi connectivity index (χ0) is 12.0. The molecular weight excluding hydrogens is 227 g/mol. The minimum Gasteiger partial charge on any atom is -0.287 e. The van der Waals surface area contributed by atoms with Gasteiger partial charge in [0.2, 0.25) is 0 Å². The average Bonchev–Trinajstić information content (AvgIpc) is 2.22. The minimum atomic E-state index is -3.33. The van der Waals surface area contributed by atoms with Gasteiger partial charge in [0.25, 0.3) is 0 Å². The summed E-state index contributed by atoms with van der Waals surface area (Å²) in [7, 11) is -3.33. The fourth-order valence-corrected chi connectivity index (χ4v) is 3.49. The lowest BCUT2D eigenvalue weighted by Crippen LogP contribution is -2.25. The van der Waals surface area contributed by atoms with E-state index in [0.717, 1.165) is 19.3 Å². The number of hydrogen-bond acceptors (Lipinski definition) is 4. The molecule has 2 atom stereocenters. The smallest absolute Gasteiger partial charge is 0.287 e. The zero-order valence-corrected chi connectivity index (χ0v) is 11.4. The molecule has 0 amide bonds. The van der Waals surface area contributed by atoms with E-state index in [1.165, 1.54) is 6.42 Å². The van der Waals surface area contributed by atoms with Crippen molar-refractivity contribution in [2.45, 2.75) is 52.6 Å². The van der Waals surface area contributed by atoms with Gasteiger partial charge in [-0.3, -0.25) is 13.6 Å². The summed E-state index contributed by atoms with van der Waals surface area (Å²) in [4.78, 5) is 0. The molecule has 1 rings (SSSR count). The van der Waals surface area contributed by atoms with E-state index in [1.807, 2.05) is 0 Å². The Morgan fingerprint density at radius 1 is 1.12 bits per heavy atom. The maximum absolute atomic E-state index is 12.2. The molecule has 1 aliphatic carbocycles. The van der Waals surface area contributed by atoms with Crippen LogP contribution in [0.1, 0.15) is 46.5 Å². The fourth-order valence-electron chi connectivity index (χ4n) is 2.02. The fraction of sp³-hybridized carbons (Fsp3) is 1.00. The summed E-state index contributed by atoms with van der Waals surface area (Å²) in [5.74, 6) is 0.433. The van der Waals surface area contributed by atoms with Crippen molar-refractivity contribution in [3.05, 3.63) is 0 Å². The second kappa shape index (κ2) is 6.75. The van der Waals surface area contributed by atoms with Gasteiger partial charge in [-0.15, -0.1) is 0 Å². The van der Waals surface area contributed by atoms with Crippen LogP contribution < -0.4 is 0 Å². The van der Waals surface area contributed by atoms with Gasteiger partial charge in [-0.05, 0) is 32.6 Å². The van der Waals surface area contributed by atoms with Crippen LogP contribution in [0, 0.1) is 5.92 Å². The van der Waals surface area contributed by atoms with Crippen LogP contribution in [0.5, 0.6) is 0 Å². The van der Waals surface area contributed by atoms with Gasteiger partial charge in [0.1, 0.15) is 0 Å².